The van der Waals surface area contributed by atoms with E-state index >= 15 is 0 Å². The summed E-state index contributed by atoms with van der Waals surface area (Å²) >= 11 is 0. The van der Waals surface area contributed by atoms with Crippen molar-refractivity contribution in [2.45, 2.75) is 31.2 Å². The van der Waals surface area contributed by atoms with Crippen LogP contribution in [-0.2, 0) is 0 Å². The minimum atomic E-state index is -2.97. The monoisotopic (exact) mass is 486 g/mol. The second kappa shape index (κ2) is 8.57. The van der Waals surface area contributed by atoms with Crippen molar-refractivity contribution in [2.24, 2.45) is 0 Å². The standard InChI is InChI=1S/C24H18F4N4O3/c25-14-5-3-13(4-6-14)20-22(32(12-30-20)19-2-1-9-24(19,27)28)17-7-8-18(35-17)23(34)31-21-15(26)10-29-11-16(21)33/h3-8,10-12,19,33H,1-2,9H2,(H,29,31,34). The number of imidazole rings is 1. The Bertz CT molecular complexity index is 1380. The molecule has 35 heavy (non-hydrogen) atoms. The first kappa shape index (κ1) is 22.6. The molecule has 1 amide bonds. The van der Waals surface area contributed by atoms with Crippen molar-refractivity contribution >= 4 is 11.6 Å². The van der Waals surface area contributed by atoms with Crippen LogP contribution in [0.2, 0.25) is 0 Å². The van der Waals surface area contributed by atoms with Crippen LogP contribution in [0.15, 0.2) is 59.5 Å². The largest absolute Gasteiger partial charge is 0.504 e. The number of rotatable bonds is 5. The molecular formula is C24H18F4N4O3. The van der Waals surface area contributed by atoms with Gasteiger partial charge in [0.2, 0.25) is 0 Å². The third-order valence-electron chi connectivity index (χ3n) is 5.90. The number of anilines is 1. The van der Waals surface area contributed by atoms with E-state index in [2.05, 4.69) is 15.3 Å². The highest BCUT2D eigenvalue weighted by atomic mass is 19.3. The number of halogens is 4. The zero-order valence-corrected chi connectivity index (χ0v) is 18.0. The summed E-state index contributed by atoms with van der Waals surface area (Å²) in [5.74, 6) is -6.05. The SMILES string of the molecule is O=C(Nc1c(O)cncc1F)c1ccc(-c2c(-c3ccc(F)cc3)ncn2C2CCCC2(F)F)o1. The second-order valence-corrected chi connectivity index (χ2v) is 8.16. The van der Waals surface area contributed by atoms with Crippen LogP contribution in [0.4, 0.5) is 23.2 Å². The lowest BCUT2D eigenvalue weighted by Crippen LogP contribution is -2.25. The maximum absolute atomic E-state index is 14.6. The van der Waals surface area contributed by atoms with Crippen molar-refractivity contribution in [3.05, 3.63) is 72.5 Å². The highest BCUT2D eigenvalue weighted by Crippen LogP contribution is 2.47. The molecule has 0 bridgehead atoms. The van der Waals surface area contributed by atoms with Crippen molar-refractivity contribution in [1.29, 1.82) is 0 Å². The predicted octanol–water partition coefficient (Wildman–Crippen LogP) is 5.80. The molecule has 1 saturated carbocycles. The van der Waals surface area contributed by atoms with E-state index in [0.717, 1.165) is 12.4 Å². The molecule has 1 aromatic carbocycles. The Morgan fingerprint density at radius 1 is 1.14 bits per heavy atom. The average molecular weight is 486 g/mol. The molecule has 1 aliphatic carbocycles. The van der Waals surface area contributed by atoms with Crippen molar-refractivity contribution < 1.29 is 31.9 Å². The predicted molar refractivity (Wildman–Crippen MR) is 117 cm³/mol. The van der Waals surface area contributed by atoms with E-state index < -0.39 is 40.9 Å². The molecule has 1 aliphatic rings. The lowest BCUT2D eigenvalue weighted by molar-refractivity contribution is -0.0302. The van der Waals surface area contributed by atoms with Crippen LogP contribution in [0.5, 0.6) is 5.75 Å². The van der Waals surface area contributed by atoms with E-state index in [4.69, 9.17) is 4.42 Å². The van der Waals surface area contributed by atoms with Gasteiger partial charge in [0.05, 0.1) is 30.5 Å². The van der Waals surface area contributed by atoms with Gasteiger partial charge < -0.3 is 19.4 Å². The summed E-state index contributed by atoms with van der Waals surface area (Å²) in [6, 6.07) is 6.89. The van der Waals surface area contributed by atoms with Crippen LogP contribution in [0.1, 0.15) is 35.9 Å². The molecular weight excluding hydrogens is 468 g/mol. The molecule has 0 saturated heterocycles. The molecule has 0 aliphatic heterocycles. The minimum absolute atomic E-state index is 0.0640. The highest BCUT2D eigenvalue weighted by molar-refractivity contribution is 6.03. The molecule has 180 valence electrons. The summed E-state index contributed by atoms with van der Waals surface area (Å²) in [4.78, 5) is 20.4. The van der Waals surface area contributed by atoms with Gasteiger partial charge in [0, 0.05) is 12.0 Å². The number of furan rings is 1. The lowest BCUT2D eigenvalue weighted by Gasteiger charge is -2.22. The van der Waals surface area contributed by atoms with E-state index in [0.29, 0.717) is 12.0 Å². The number of nitrogens with one attached hydrogen (secondary N) is 1. The minimum Gasteiger partial charge on any atom is -0.504 e. The molecule has 2 N–H and O–H groups in total. The summed E-state index contributed by atoms with van der Waals surface area (Å²) in [6.45, 7) is 0. The van der Waals surface area contributed by atoms with Gasteiger partial charge in [0.15, 0.2) is 23.1 Å². The number of benzene rings is 1. The number of carbonyl (C=O) groups is 1. The van der Waals surface area contributed by atoms with Crippen molar-refractivity contribution in [1.82, 2.24) is 14.5 Å². The smallest absolute Gasteiger partial charge is 0.291 e. The topological polar surface area (TPSA) is 93.2 Å². The zero-order chi connectivity index (χ0) is 24.7. The van der Waals surface area contributed by atoms with Gasteiger partial charge in [-0.05, 0) is 49.2 Å². The van der Waals surface area contributed by atoms with Crippen LogP contribution in [0.3, 0.4) is 0 Å². The molecule has 1 unspecified atom stereocenters. The van der Waals surface area contributed by atoms with Gasteiger partial charge in [-0.25, -0.2) is 22.5 Å². The number of aromatic hydroxyl groups is 1. The second-order valence-electron chi connectivity index (χ2n) is 8.16. The molecule has 11 heteroatoms. The Morgan fingerprint density at radius 3 is 2.60 bits per heavy atom. The number of hydrogen-bond acceptors (Lipinski definition) is 5. The molecule has 5 rings (SSSR count). The third-order valence-corrected chi connectivity index (χ3v) is 5.90. The van der Waals surface area contributed by atoms with Gasteiger partial charge in [-0.15, -0.1) is 0 Å². The first-order valence-corrected chi connectivity index (χ1v) is 10.7. The van der Waals surface area contributed by atoms with Gasteiger partial charge >= 0.3 is 0 Å². The third kappa shape index (κ3) is 4.13. The lowest BCUT2D eigenvalue weighted by atomic mass is 10.1. The van der Waals surface area contributed by atoms with E-state index in [1.54, 1.807) is 0 Å². The maximum Gasteiger partial charge on any atom is 0.291 e. The van der Waals surface area contributed by atoms with Gasteiger partial charge in [-0.1, -0.05) is 0 Å². The summed E-state index contributed by atoms with van der Waals surface area (Å²) in [7, 11) is 0. The summed E-state index contributed by atoms with van der Waals surface area (Å²) in [6.07, 6.45) is 3.33. The van der Waals surface area contributed by atoms with Crippen LogP contribution >= 0.6 is 0 Å². The average Bonchev–Trinajstić information content (AvgIpc) is 3.54. The van der Waals surface area contributed by atoms with Crippen LogP contribution < -0.4 is 5.32 Å². The number of pyridine rings is 1. The van der Waals surface area contributed by atoms with E-state index in [1.807, 2.05) is 0 Å². The molecule has 1 atom stereocenters. The molecule has 7 nitrogen and oxygen atoms in total. The number of carbonyl (C=O) groups excluding carboxylic acids is 1. The highest BCUT2D eigenvalue weighted by Gasteiger charge is 2.46. The summed E-state index contributed by atoms with van der Waals surface area (Å²) in [5, 5.41) is 12.0. The molecule has 0 spiro atoms. The van der Waals surface area contributed by atoms with Crippen molar-refractivity contribution in [2.75, 3.05) is 5.32 Å². The van der Waals surface area contributed by atoms with Gasteiger partial charge in [-0.3, -0.25) is 9.78 Å². The molecule has 0 radical (unpaired) electrons. The first-order chi connectivity index (χ1) is 16.7. The number of hydrogen-bond donors (Lipinski definition) is 2. The molecule has 3 heterocycles. The summed E-state index contributed by atoms with van der Waals surface area (Å²) in [5.41, 5.74) is 0.449. The fraction of sp³-hybridized carbons (Fsp3) is 0.208. The summed E-state index contributed by atoms with van der Waals surface area (Å²) < 4.78 is 63.7. The number of amides is 1. The Balaban J connectivity index is 1.55. The number of nitrogens with zero attached hydrogens (tertiary/aromatic N) is 3. The Morgan fingerprint density at radius 2 is 1.91 bits per heavy atom. The quantitative estimate of drug-likeness (QED) is 0.348. The zero-order valence-electron chi connectivity index (χ0n) is 18.0. The van der Waals surface area contributed by atoms with Gasteiger partial charge in [0.1, 0.15) is 17.2 Å². The maximum atomic E-state index is 14.6. The Kier molecular flexibility index (Phi) is 5.54. The van der Waals surface area contributed by atoms with Gasteiger partial charge in [0.25, 0.3) is 11.8 Å². The van der Waals surface area contributed by atoms with E-state index in [-0.39, 0.29) is 35.7 Å². The fourth-order valence-corrected chi connectivity index (χ4v) is 4.22. The van der Waals surface area contributed by atoms with Gasteiger partial charge in [-0.2, -0.15) is 0 Å². The molecule has 4 aromatic rings. The first-order valence-electron chi connectivity index (χ1n) is 10.7. The van der Waals surface area contributed by atoms with Crippen molar-refractivity contribution in [3.63, 3.8) is 0 Å². The number of alkyl halides is 2. The van der Waals surface area contributed by atoms with E-state index in [1.165, 1.54) is 47.3 Å². The molecule has 1 fully saturated rings. The number of aromatic nitrogens is 3. The van der Waals surface area contributed by atoms with Crippen molar-refractivity contribution in [3.8, 4) is 28.5 Å². The van der Waals surface area contributed by atoms with Crippen LogP contribution in [0, 0.1) is 11.6 Å². The van der Waals surface area contributed by atoms with Crippen LogP contribution in [-0.4, -0.2) is 31.5 Å². The molecule has 3 aromatic heterocycles. The van der Waals surface area contributed by atoms with E-state index in [9.17, 15) is 27.5 Å². The normalized spacial score (nSPS) is 17.0. The Labute approximate surface area is 196 Å². The fourth-order valence-electron chi connectivity index (χ4n) is 4.22. The van der Waals surface area contributed by atoms with Crippen LogP contribution in [0.25, 0.3) is 22.7 Å². The Hall–Kier alpha value is -4.15.